The average molecular weight is 536 g/mol. The zero-order valence-electron chi connectivity index (χ0n) is 21.2. The summed E-state index contributed by atoms with van der Waals surface area (Å²) in [7, 11) is 1.64. The summed E-state index contributed by atoms with van der Waals surface area (Å²) >= 11 is 0. The molecular weight excluding hydrogens is 503 g/mol. The number of hydrogen-bond donors (Lipinski definition) is 1. The van der Waals surface area contributed by atoms with Crippen LogP contribution in [-0.4, -0.2) is 74.7 Å². The Labute approximate surface area is 219 Å². The molecular formula is C26H32F3N5O4. The lowest BCUT2D eigenvalue weighted by atomic mass is 10.0. The summed E-state index contributed by atoms with van der Waals surface area (Å²) in [5.41, 5.74) is -0.759. The molecule has 1 N–H and O–H groups in total. The number of benzene rings is 2. The molecule has 0 saturated carbocycles. The highest BCUT2D eigenvalue weighted by atomic mass is 19.4. The van der Waals surface area contributed by atoms with Gasteiger partial charge in [0.25, 0.3) is 5.69 Å². The van der Waals surface area contributed by atoms with Crippen molar-refractivity contribution in [2.45, 2.75) is 31.5 Å². The second kappa shape index (κ2) is 11.9. The van der Waals surface area contributed by atoms with Gasteiger partial charge in [0.2, 0.25) is 5.91 Å². The van der Waals surface area contributed by atoms with Gasteiger partial charge in [-0.2, -0.15) is 13.2 Å². The maximum Gasteiger partial charge on any atom is 0.423 e. The van der Waals surface area contributed by atoms with E-state index in [2.05, 4.69) is 15.1 Å². The number of nitro groups is 1. The van der Waals surface area contributed by atoms with Gasteiger partial charge in [-0.15, -0.1) is 0 Å². The van der Waals surface area contributed by atoms with Crippen molar-refractivity contribution in [3.63, 3.8) is 0 Å². The molecule has 2 aliphatic rings. The molecule has 2 fully saturated rings. The number of anilines is 2. The Hall–Kier alpha value is -3.54. The summed E-state index contributed by atoms with van der Waals surface area (Å²) in [5.74, 6) is 0.793. The van der Waals surface area contributed by atoms with Gasteiger partial charge >= 0.3 is 6.18 Å². The van der Waals surface area contributed by atoms with Crippen molar-refractivity contribution >= 4 is 23.0 Å². The van der Waals surface area contributed by atoms with Crippen LogP contribution in [0.1, 0.15) is 24.8 Å². The molecule has 38 heavy (non-hydrogen) atoms. The molecule has 0 unspecified atom stereocenters. The lowest BCUT2D eigenvalue weighted by molar-refractivity contribution is -0.388. The third kappa shape index (κ3) is 6.85. The number of piperidine rings is 1. The van der Waals surface area contributed by atoms with E-state index in [4.69, 9.17) is 4.74 Å². The van der Waals surface area contributed by atoms with E-state index < -0.39 is 22.4 Å². The molecule has 0 bridgehead atoms. The number of carbonyl (C=O) groups is 1. The minimum atomic E-state index is -4.81. The van der Waals surface area contributed by atoms with Crippen LogP contribution in [0, 0.1) is 10.1 Å². The van der Waals surface area contributed by atoms with Gasteiger partial charge in [0, 0.05) is 75.7 Å². The van der Waals surface area contributed by atoms with Crippen molar-refractivity contribution in [1.29, 1.82) is 0 Å². The first kappa shape index (κ1) is 27.5. The zero-order valence-corrected chi connectivity index (χ0v) is 21.2. The normalized spacial score (nSPS) is 17.4. The maximum absolute atomic E-state index is 13.3. The van der Waals surface area contributed by atoms with Crippen LogP contribution >= 0.6 is 0 Å². The van der Waals surface area contributed by atoms with Gasteiger partial charge in [0.05, 0.1) is 12.0 Å². The Morgan fingerprint density at radius 1 is 1.00 bits per heavy atom. The van der Waals surface area contributed by atoms with Crippen LogP contribution in [-0.2, 0) is 11.0 Å². The molecule has 2 aliphatic heterocycles. The van der Waals surface area contributed by atoms with E-state index in [0.717, 1.165) is 49.7 Å². The zero-order chi connectivity index (χ0) is 27.3. The Morgan fingerprint density at radius 2 is 1.61 bits per heavy atom. The van der Waals surface area contributed by atoms with Crippen LogP contribution in [0.2, 0.25) is 0 Å². The number of nitro benzene ring substituents is 1. The lowest BCUT2D eigenvalue weighted by Gasteiger charge is -2.36. The quantitative estimate of drug-likeness (QED) is 0.405. The second-order valence-corrected chi connectivity index (χ2v) is 9.56. The molecule has 0 spiro atoms. The summed E-state index contributed by atoms with van der Waals surface area (Å²) in [4.78, 5) is 28.9. The molecule has 206 valence electrons. The SMILES string of the molecule is COc1ccc(N2CCN(CCC(=O)NC3CCN(c4ccc([N+](=O)[O-])c(C(F)(F)F)c4)CC3)CC2)cc1. The molecule has 2 heterocycles. The van der Waals surface area contributed by atoms with E-state index in [1.165, 1.54) is 6.07 Å². The van der Waals surface area contributed by atoms with Crippen LogP contribution in [0.25, 0.3) is 0 Å². The Bertz CT molecular complexity index is 1110. The fraction of sp³-hybridized carbons (Fsp3) is 0.500. The van der Waals surface area contributed by atoms with Crippen molar-refractivity contribution in [1.82, 2.24) is 10.2 Å². The molecule has 0 aromatic heterocycles. The van der Waals surface area contributed by atoms with E-state index >= 15 is 0 Å². The predicted octanol–water partition coefficient (Wildman–Crippen LogP) is 3.92. The number of nitrogens with zero attached hydrogens (tertiary/aromatic N) is 4. The average Bonchev–Trinajstić information content (AvgIpc) is 2.92. The minimum absolute atomic E-state index is 0.0317. The number of amides is 1. The molecule has 0 atom stereocenters. The number of halogens is 3. The first-order valence-electron chi connectivity index (χ1n) is 12.7. The molecule has 2 aromatic rings. The molecule has 2 aromatic carbocycles. The highest BCUT2D eigenvalue weighted by molar-refractivity contribution is 5.76. The van der Waals surface area contributed by atoms with Gasteiger partial charge in [0.1, 0.15) is 11.3 Å². The van der Waals surface area contributed by atoms with Gasteiger partial charge in [-0.3, -0.25) is 19.8 Å². The summed E-state index contributed by atoms with van der Waals surface area (Å²) in [5, 5.41) is 14.0. The number of alkyl halides is 3. The molecule has 1 amide bonds. The third-order valence-electron chi connectivity index (χ3n) is 7.17. The number of rotatable bonds is 8. The molecule has 0 radical (unpaired) electrons. The van der Waals surface area contributed by atoms with E-state index in [0.29, 0.717) is 44.6 Å². The second-order valence-electron chi connectivity index (χ2n) is 9.56. The predicted molar refractivity (Wildman–Crippen MR) is 138 cm³/mol. The van der Waals surface area contributed by atoms with Gasteiger partial charge in [0.15, 0.2) is 0 Å². The molecule has 2 saturated heterocycles. The summed E-state index contributed by atoms with van der Waals surface area (Å²) in [6.07, 6.45) is -3.25. The van der Waals surface area contributed by atoms with Gasteiger partial charge in [-0.05, 0) is 49.2 Å². The number of piperazine rings is 1. The van der Waals surface area contributed by atoms with Crippen LogP contribution in [0.15, 0.2) is 42.5 Å². The summed E-state index contributed by atoms with van der Waals surface area (Å²) < 4.78 is 45.1. The molecule has 0 aliphatic carbocycles. The van der Waals surface area contributed by atoms with E-state index in [1.807, 2.05) is 24.3 Å². The number of methoxy groups -OCH3 is 1. The number of ether oxygens (including phenoxy) is 1. The largest absolute Gasteiger partial charge is 0.497 e. The van der Waals surface area contributed by atoms with Crippen LogP contribution in [0.5, 0.6) is 5.75 Å². The van der Waals surface area contributed by atoms with Gasteiger partial charge in [-0.25, -0.2) is 0 Å². The third-order valence-corrected chi connectivity index (χ3v) is 7.17. The van der Waals surface area contributed by atoms with Gasteiger partial charge in [-0.1, -0.05) is 0 Å². The molecule has 4 rings (SSSR count). The Balaban J connectivity index is 1.19. The smallest absolute Gasteiger partial charge is 0.423 e. The van der Waals surface area contributed by atoms with Crippen molar-refractivity contribution in [3.8, 4) is 5.75 Å². The highest BCUT2D eigenvalue weighted by Crippen LogP contribution is 2.38. The monoisotopic (exact) mass is 535 g/mol. The molecule has 9 nitrogen and oxygen atoms in total. The van der Waals surface area contributed by atoms with Crippen molar-refractivity contribution in [2.24, 2.45) is 0 Å². The molecule has 12 heteroatoms. The first-order chi connectivity index (χ1) is 18.1. The Kier molecular flexibility index (Phi) is 8.60. The van der Waals surface area contributed by atoms with E-state index in [9.17, 15) is 28.1 Å². The van der Waals surface area contributed by atoms with Crippen molar-refractivity contribution in [2.75, 3.05) is 62.7 Å². The summed E-state index contributed by atoms with van der Waals surface area (Å²) in [6.45, 7) is 5.07. The fourth-order valence-electron chi connectivity index (χ4n) is 4.97. The lowest BCUT2D eigenvalue weighted by Crippen LogP contribution is -2.48. The Morgan fingerprint density at radius 3 is 2.18 bits per heavy atom. The maximum atomic E-state index is 13.3. The van der Waals surface area contributed by atoms with E-state index in [1.54, 1.807) is 12.0 Å². The van der Waals surface area contributed by atoms with Crippen LogP contribution in [0.3, 0.4) is 0 Å². The van der Waals surface area contributed by atoms with E-state index in [-0.39, 0.29) is 11.9 Å². The fourth-order valence-corrected chi connectivity index (χ4v) is 4.97. The summed E-state index contributed by atoms with van der Waals surface area (Å²) in [6, 6.07) is 11.0. The minimum Gasteiger partial charge on any atom is -0.497 e. The number of hydrogen-bond acceptors (Lipinski definition) is 7. The van der Waals surface area contributed by atoms with Crippen LogP contribution in [0.4, 0.5) is 30.2 Å². The van der Waals surface area contributed by atoms with Crippen molar-refractivity contribution < 1.29 is 27.6 Å². The number of carbonyl (C=O) groups excluding carboxylic acids is 1. The highest BCUT2D eigenvalue weighted by Gasteiger charge is 2.39. The standard InChI is InChI=1S/C26H32F3N5O4/c1-38-22-5-2-20(3-6-22)33-16-14-31(15-17-33)11-10-25(35)30-19-8-12-32(13-9-19)21-4-7-24(34(36)37)23(18-21)26(27,28)29/h2-7,18-19H,8-17H2,1H3,(H,30,35). The van der Waals surface area contributed by atoms with Crippen LogP contribution < -0.4 is 19.9 Å². The topological polar surface area (TPSA) is 91.2 Å². The van der Waals surface area contributed by atoms with Gasteiger partial charge < -0.3 is 19.9 Å². The number of nitrogens with one attached hydrogen (secondary N) is 1. The first-order valence-corrected chi connectivity index (χ1v) is 12.7. The van der Waals surface area contributed by atoms with Crippen molar-refractivity contribution in [3.05, 3.63) is 58.1 Å².